The Morgan fingerprint density at radius 3 is 2.83 bits per heavy atom. The summed E-state index contributed by atoms with van der Waals surface area (Å²) in [6.45, 7) is 1.93. The third-order valence-electron chi connectivity index (χ3n) is 3.29. The van der Waals surface area contributed by atoms with Gasteiger partial charge < -0.3 is 9.94 Å². The summed E-state index contributed by atoms with van der Waals surface area (Å²) in [5.41, 5.74) is 0. The maximum atomic E-state index is 9.71. The zero-order valence-corrected chi connectivity index (χ0v) is 7.57. The fraction of sp³-hybridized carbons (Fsp3) is 1.00. The minimum absolute atomic E-state index is 0.0797. The Bertz CT molecular complexity index is 163. The number of rotatable bonds is 1. The van der Waals surface area contributed by atoms with E-state index >= 15 is 0 Å². The van der Waals surface area contributed by atoms with E-state index in [4.69, 9.17) is 4.84 Å². The van der Waals surface area contributed by atoms with Crippen molar-refractivity contribution >= 4 is 0 Å². The van der Waals surface area contributed by atoms with Gasteiger partial charge in [-0.05, 0) is 18.8 Å². The van der Waals surface area contributed by atoms with Crippen LogP contribution in [0.1, 0.15) is 19.3 Å². The molecule has 1 saturated carbocycles. The molecule has 3 heteroatoms. The van der Waals surface area contributed by atoms with Crippen LogP contribution in [0.3, 0.4) is 0 Å². The highest BCUT2D eigenvalue weighted by Crippen LogP contribution is 2.36. The highest BCUT2D eigenvalue weighted by Gasteiger charge is 2.39. The van der Waals surface area contributed by atoms with E-state index in [2.05, 4.69) is 0 Å². The molecule has 0 bridgehead atoms. The molecule has 0 aromatic carbocycles. The van der Waals surface area contributed by atoms with Crippen LogP contribution < -0.4 is 0 Å². The molecule has 12 heavy (non-hydrogen) atoms. The Balaban J connectivity index is 1.99. The van der Waals surface area contributed by atoms with Crippen LogP contribution in [0, 0.1) is 11.8 Å². The Kier molecular flexibility index (Phi) is 2.35. The SMILES string of the molecule is CON1CC2CCCC(O)C2C1. The molecular formula is C9H17NO2. The van der Waals surface area contributed by atoms with Gasteiger partial charge in [0.2, 0.25) is 0 Å². The summed E-state index contributed by atoms with van der Waals surface area (Å²) in [4.78, 5) is 5.17. The molecule has 3 nitrogen and oxygen atoms in total. The Morgan fingerprint density at radius 1 is 1.33 bits per heavy atom. The maximum absolute atomic E-state index is 9.71. The van der Waals surface area contributed by atoms with E-state index in [1.165, 1.54) is 12.8 Å². The van der Waals surface area contributed by atoms with Crippen LogP contribution in [0.2, 0.25) is 0 Å². The molecule has 1 heterocycles. The second-order valence-corrected chi connectivity index (χ2v) is 3.95. The molecule has 1 N–H and O–H groups in total. The lowest BCUT2D eigenvalue weighted by molar-refractivity contribution is -0.118. The highest BCUT2D eigenvalue weighted by atomic mass is 16.7. The van der Waals surface area contributed by atoms with Gasteiger partial charge >= 0.3 is 0 Å². The minimum atomic E-state index is -0.0797. The summed E-state index contributed by atoms with van der Waals surface area (Å²) >= 11 is 0. The quantitative estimate of drug-likeness (QED) is 0.628. The standard InChI is InChI=1S/C9H17NO2/c1-12-10-5-7-3-2-4-9(11)8(7)6-10/h7-9,11H,2-6H2,1H3. The largest absolute Gasteiger partial charge is 0.393 e. The summed E-state index contributed by atoms with van der Waals surface area (Å²) < 4.78 is 0. The lowest BCUT2D eigenvalue weighted by Crippen LogP contribution is -2.31. The van der Waals surface area contributed by atoms with Crippen LogP contribution in [0.5, 0.6) is 0 Å². The van der Waals surface area contributed by atoms with Crippen molar-refractivity contribution in [3.63, 3.8) is 0 Å². The molecule has 3 atom stereocenters. The summed E-state index contributed by atoms with van der Waals surface area (Å²) in [6.07, 6.45) is 3.35. The van der Waals surface area contributed by atoms with Crippen LogP contribution in [-0.2, 0) is 4.84 Å². The molecule has 1 saturated heterocycles. The normalized spacial score (nSPS) is 43.0. The molecule has 2 fully saturated rings. The maximum Gasteiger partial charge on any atom is 0.0584 e. The van der Waals surface area contributed by atoms with Gasteiger partial charge in [0, 0.05) is 19.0 Å². The molecule has 2 aliphatic rings. The fourth-order valence-corrected chi connectivity index (χ4v) is 2.55. The van der Waals surface area contributed by atoms with Crippen molar-refractivity contribution in [2.75, 3.05) is 20.2 Å². The molecule has 0 amide bonds. The van der Waals surface area contributed by atoms with Gasteiger partial charge in [0.05, 0.1) is 13.2 Å². The van der Waals surface area contributed by atoms with Crippen LogP contribution in [-0.4, -0.2) is 36.5 Å². The number of aliphatic hydroxyl groups excluding tert-OH is 1. The molecule has 1 aliphatic carbocycles. The number of hydrogen-bond donors (Lipinski definition) is 1. The van der Waals surface area contributed by atoms with Gasteiger partial charge in [0.25, 0.3) is 0 Å². The average Bonchev–Trinajstić information content (AvgIpc) is 2.49. The summed E-state index contributed by atoms with van der Waals surface area (Å²) in [7, 11) is 1.71. The number of hydrogen-bond acceptors (Lipinski definition) is 3. The zero-order valence-electron chi connectivity index (χ0n) is 7.57. The van der Waals surface area contributed by atoms with Gasteiger partial charge in [0.1, 0.15) is 0 Å². The van der Waals surface area contributed by atoms with Gasteiger partial charge in [0.15, 0.2) is 0 Å². The molecule has 70 valence electrons. The van der Waals surface area contributed by atoms with E-state index in [9.17, 15) is 5.11 Å². The van der Waals surface area contributed by atoms with Gasteiger partial charge in [-0.3, -0.25) is 0 Å². The summed E-state index contributed by atoms with van der Waals surface area (Å²) in [6, 6.07) is 0. The first kappa shape index (κ1) is 8.48. The van der Waals surface area contributed by atoms with Crippen LogP contribution in [0.25, 0.3) is 0 Å². The lowest BCUT2D eigenvalue weighted by atomic mass is 9.80. The monoisotopic (exact) mass is 171 g/mol. The van der Waals surface area contributed by atoms with Crippen molar-refractivity contribution < 1.29 is 9.94 Å². The second-order valence-electron chi connectivity index (χ2n) is 3.95. The topological polar surface area (TPSA) is 32.7 Å². The molecule has 1 aliphatic heterocycles. The number of aliphatic hydroxyl groups is 1. The fourth-order valence-electron chi connectivity index (χ4n) is 2.55. The first-order valence-corrected chi connectivity index (χ1v) is 4.78. The van der Waals surface area contributed by atoms with Crippen molar-refractivity contribution in [1.29, 1.82) is 0 Å². The van der Waals surface area contributed by atoms with Crippen molar-refractivity contribution in [1.82, 2.24) is 5.06 Å². The predicted molar refractivity (Wildman–Crippen MR) is 45.4 cm³/mol. The first-order chi connectivity index (χ1) is 5.81. The van der Waals surface area contributed by atoms with Crippen molar-refractivity contribution in [2.45, 2.75) is 25.4 Å². The Labute approximate surface area is 73.3 Å². The molecule has 3 unspecified atom stereocenters. The van der Waals surface area contributed by atoms with Crippen LogP contribution in [0.15, 0.2) is 0 Å². The molecule has 0 aromatic rings. The average molecular weight is 171 g/mol. The number of hydroxylamine groups is 2. The van der Waals surface area contributed by atoms with E-state index in [0.717, 1.165) is 19.5 Å². The van der Waals surface area contributed by atoms with Gasteiger partial charge in [-0.1, -0.05) is 6.42 Å². The molecular weight excluding hydrogens is 154 g/mol. The van der Waals surface area contributed by atoms with Gasteiger partial charge in [-0.25, -0.2) is 0 Å². The van der Waals surface area contributed by atoms with Gasteiger partial charge in [-0.15, -0.1) is 0 Å². The minimum Gasteiger partial charge on any atom is -0.393 e. The molecule has 2 rings (SSSR count). The van der Waals surface area contributed by atoms with Crippen LogP contribution in [0.4, 0.5) is 0 Å². The highest BCUT2D eigenvalue weighted by molar-refractivity contribution is 4.88. The van der Waals surface area contributed by atoms with Crippen molar-refractivity contribution in [3.05, 3.63) is 0 Å². The van der Waals surface area contributed by atoms with E-state index in [1.54, 1.807) is 7.11 Å². The third kappa shape index (κ3) is 1.37. The summed E-state index contributed by atoms with van der Waals surface area (Å²) in [5.74, 6) is 1.15. The summed E-state index contributed by atoms with van der Waals surface area (Å²) in [5, 5.41) is 11.7. The molecule has 0 radical (unpaired) electrons. The van der Waals surface area contributed by atoms with Crippen molar-refractivity contribution in [3.8, 4) is 0 Å². The molecule has 0 aromatic heterocycles. The van der Waals surface area contributed by atoms with E-state index in [1.807, 2.05) is 5.06 Å². The third-order valence-corrected chi connectivity index (χ3v) is 3.29. The molecule has 0 spiro atoms. The first-order valence-electron chi connectivity index (χ1n) is 4.78. The van der Waals surface area contributed by atoms with E-state index in [-0.39, 0.29) is 6.10 Å². The van der Waals surface area contributed by atoms with E-state index in [0.29, 0.717) is 11.8 Å². The second kappa shape index (κ2) is 3.32. The zero-order chi connectivity index (χ0) is 8.55. The van der Waals surface area contributed by atoms with Gasteiger partial charge in [-0.2, -0.15) is 5.06 Å². The lowest BCUT2D eigenvalue weighted by Gasteiger charge is -2.28. The number of nitrogens with zero attached hydrogens (tertiary/aromatic N) is 1. The smallest absolute Gasteiger partial charge is 0.0584 e. The predicted octanol–water partition coefficient (Wildman–Crippen LogP) is 0.641. The number of fused-ring (bicyclic) bond motifs is 1. The van der Waals surface area contributed by atoms with Crippen LogP contribution >= 0.6 is 0 Å². The Hall–Kier alpha value is -0.120. The van der Waals surface area contributed by atoms with E-state index < -0.39 is 0 Å². The van der Waals surface area contributed by atoms with Crippen molar-refractivity contribution in [2.24, 2.45) is 11.8 Å². The Morgan fingerprint density at radius 2 is 2.17 bits per heavy atom.